The Morgan fingerprint density at radius 2 is 1.80 bits per heavy atom. The molecule has 6 heteroatoms. The van der Waals surface area contributed by atoms with Crippen molar-refractivity contribution in [3.8, 4) is 0 Å². The summed E-state index contributed by atoms with van der Waals surface area (Å²) >= 11 is 0. The number of carbonyl (C=O) groups excluding carboxylic acids is 1. The Hall–Kier alpha value is -1.85. The van der Waals surface area contributed by atoms with Crippen LogP contribution in [0.4, 0.5) is 11.6 Å². The molecule has 20 heavy (non-hydrogen) atoms. The van der Waals surface area contributed by atoms with Crippen molar-refractivity contribution in [3.63, 3.8) is 0 Å². The zero-order valence-corrected chi connectivity index (χ0v) is 12.6. The maximum absolute atomic E-state index is 11.5. The van der Waals surface area contributed by atoms with Gasteiger partial charge in [0, 0.05) is 25.6 Å². The van der Waals surface area contributed by atoms with Crippen molar-refractivity contribution >= 4 is 17.5 Å². The van der Waals surface area contributed by atoms with Gasteiger partial charge in [0.05, 0.1) is 6.54 Å². The summed E-state index contributed by atoms with van der Waals surface area (Å²) in [6.07, 6.45) is 2.86. The van der Waals surface area contributed by atoms with Gasteiger partial charge in [0.1, 0.15) is 17.5 Å². The highest BCUT2D eigenvalue weighted by Gasteiger charge is 2.05. The largest absolute Gasteiger partial charge is 0.370 e. The van der Waals surface area contributed by atoms with Gasteiger partial charge in [-0.3, -0.25) is 4.79 Å². The Morgan fingerprint density at radius 1 is 1.10 bits per heavy atom. The van der Waals surface area contributed by atoms with Gasteiger partial charge in [0.15, 0.2) is 0 Å². The summed E-state index contributed by atoms with van der Waals surface area (Å²) < 4.78 is 0. The molecule has 1 aromatic heterocycles. The summed E-state index contributed by atoms with van der Waals surface area (Å²) in [6.45, 7) is 7.83. The molecule has 1 amide bonds. The van der Waals surface area contributed by atoms with E-state index in [0.717, 1.165) is 37.4 Å². The standard InChI is InChI=1S/C14H25N5O/c1-4-7-11-18-12(16-8-5-2)9-13(19-11)17-10-14(20)15-6-3/h9H,4-8,10H2,1-3H3,(H,15,20)(H2,16,17,18,19). The van der Waals surface area contributed by atoms with Gasteiger partial charge < -0.3 is 16.0 Å². The van der Waals surface area contributed by atoms with E-state index in [-0.39, 0.29) is 12.5 Å². The molecule has 0 aromatic carbocycles. The van der Waals surface area contributed by atoms with E-state index in [1.54, 1.807) is 0 Å². The molecule has 1 aromatic rings. The molecule has 0 bridgehead atoms. The molecule has 0 unspecified atom stereocenters. The zero-order valence-electron chi connectivity index (χ0n) is 12.6. The molecule has 0 atom stereocenters. The summed E-state index contributed by atoms with van der Waals surface area (Å²) in [5.74, 6) is 2.26. The molecule has 0 radical (unpaired) electrons. The Balaban J connectivity index is 2.71. The van der Waals surface area contributed by atoms with Crippen LogP contribution in [0.2, 0.25) is 0 Å². The molecular formula is C14H25N5O. The van der Waals surface area contributed by atoms with Crippen molar-refractivity contribution in [1.29, 1.82) is 0 Å². The molecule has 1 rings (SSSR count). The summed E-state index contributed by atoms with van der Waals surface area (Å²) in [6, 6.07) is 1.84. The minimum Gasteiger partial charge on any atom is -0.370 e. The maximum atomic E-state index is 11.5. The number of aromatic nitrogens is 2. The van der Waals surface area contributed by atoms with E-state index >= 15 is 0 Å². The van der Waals surface area contributed by atoms with E-state index in [1.165, 1.54) is 0 Å². The van der Waals surface area contributed by atoms with Gasteiger partial charge in [-0.15, -0.1) is 0 Å². The van der Waals surface area contributed by atoms with E-state index in [2.05, 4.69) is 39.8 Å². The Kier molecular flexibility index (Phi) is 7.39. The number of nitrogens with zero attached hydrogens (tertiary/aromatic N) is 2. The van der Waals surface area contributed by atoms with Crippen LogP contribution in [0.3, 0.4) is 0 Å². The SMILES string of the molecule is CCCNc1cc(NCC(=O)NCC)nc(CCC)n1. The van der Waals surface area contributed by atoms with Crippen LogP contribution >= 0.6 is 0 Å². The van der Waals surface area contributed by atoms with Gasteiger partial charge in [0.25, 0.3) is 0 Å². The van der Waals surface area contributed by atoms with E-state index in [0.29, 0.717) is 12.4 Å². The Bertz CT molecular complexity index is 422. The highest BCUT2D eigenvalue weighted by molar-refractivity contribution is 5.80. The Labute approximate surface area is 120 Å². The number of carbonyl (C=O) groups is 1. The topological polar surface area (TPSA) is 78.9 Å². The van der Waals surface area contributed by atoms with Crippen molar-refractivity contribution < 1.29 is 4.79 Å². The first kappa shape index (κ1) is 16.2. The summed E-state index contributed by atoms with van der Waals surface area (Å²) in [7, 11) is 0. The zero-order chi connectivity index (χ0) is 14.8. The number of anilines is 2. The van der Waals surface area contributed by atoms with Gasteiger partial charge in [0.2, 0.25) is 5.91 Å². The van der Waals surface area contributed by atoms with Crippen LogP contribution in [0.5, 0.6) is 0 Å². The number of hydrogen-bond donors (Lipinski definition) is 3. The van der Waals surface area contributed by atoms with Gasteiger partial charge >= 0.3 is 0 Å². The molecule has 0 spiro atoms. The van der Waals surface area contributed by atoms with Crippen LogP contribution in [0.1, 0.15) is 39.4 Å². The molecule has 112 valence electrons. The molecule has 0 aliphatic carbocycles. The molecule has 6 nitrogen and oxygen atoms in total. The third-order valence-electron chi connectivity index (χ3n) is 2.61. The summed E-state index contributed by atoms with van der Waals surface area (Å²) in [5, 5.41) is 9.04. The number of nitrogens with one attached hydrogen (secondary N) is 3. The fraction of sp³-hybridized carbons (Fsp3) is 0.643. The van der Waals surface area contributed by atoms with Crippen LogP contribution in [0, 0.1) is 0 Å². The van der Waals surface area contributed by atoms with Gasteiger partial charge in [-0.25, -0.2) is 9.97 Å². The average molecular weight is 279 g/mol. The molecule has 0 aliphatic heterocycles. The van der Waals surface area contributed by atoms with Crippen LogP contribution in [-0.4, -0.2) is 35.5 Å². The van der Waals surface area contributed by atoms with Crippen molar-refractivity contribution in [2.75, 3.05) is 30.3 Å². The van der Waals surface area contributed by atoms with Gasteiger partial charge in [-0.05, 0) is 19.8 Å². The van der Waals surface area contributed by atoms with E-state index in [4.69, 9.17) is 0 Å². The second-order valence-electron chi connectivity index (χ2n) is 4.54. The molecule has 0 fully saturated rings. The lowest BCUT2D eigenvalue weighted by Gasteiger charge is -2.10. The molecule has 0 aliphatic rings. The monoisotopic (exact) mass is 279 g/mol. The summed E-state index contributed by atoms with van der Waals surface area (Å²) in [4.78, 5) is 20.3. The number of amides is 1. The van der Waals surface area contributed by atoms with E-state index in [1.807, 2.05) is 13.0 Å². The third-order valence-corrected chi connectivity index (χ3v) is 2.61. The molecule has 0 saturated carbocycles. The lowest BCUT2D eigenvalue weighted by molar-refractivity contribution is -0.119. The van der Waals surface area contributed by atoms with Gasteiger partial charge in [-0.2, -0.15) is 0 Å². The fourth-order valence-electron chi connectivity index (χ4n) is 1.70. The third kappa shape index (κ3) is 5.86. The van der Waals surface area contributed by atoms with Crippen LogP contribution < -0.4 is 16.0 Å². The second kappa shape index (κ2) is 9.12. The highest BCUT2D eigenvalue weighted by atomic mass is 16.1. The second-order valence-corrected chi connectivity index (χ2v) is 4.54. The number of likely N-dealkylation sites (N-methyl/N-ethyl adjacent to an activating group) is 1. The van der Waals surface area contributed by atoms with Crippen molar-refractivity contribution in [2.45, 2.75) is 40.0 Å². The highest BCUT2D eigenvalue weighted by Crippen LogP contribution is 2.12. The number of rotatable bonds is 9. The number of hydrogen-bond acceptors (Lipinski definition) is 5. The molecule has 0 saturated heterocycles. The molecule has 3 N–H and O–H groups in total. The molecule has 1 heterocycles. The maximum Gasteiger partial charge on any atom is 0.239 e. The van der Waals surface area contributed by atoms with E-state index in [9.17, 15) is 4.79 Å². The fourth-order valence-corrected chi connectivity index (χ4v) is 1.70. The van der Waals surface area contributed by atoms with Crippen LogP contribution in [-0.2, 0) is 11.2 Å². The van der Waals surface area contributed by atoms with Crippen LogP contribution in [0.15, 0.2) is 6.07 Å². The van der Waals surface area contributed by atoms with Crippen molar-refractivity contribution in [1.82, 2.24) is 15.3 Å². The van der Waals surface area contributed by atoms with Crippen molar-refractivity contribution in [3.05, 3.63) is 11.9 Å². The van der Waals surface area contributed by atoms with E-state index < -0.39 is 0 Å². The van der Waals surface area contributed by atoms with Crippen molar-refractivity contribution in [2.24, 2.45) is 0 Å². The minimum absolute atomic E-state index is 0.0359. The predicted octanol–water partition coefficient (Wildman–Crippen LogP) is 1.80. The predicted molar refractivity (Wildman–Crippen MR) is 82.0 cm³/mol. The minimum atomic E-state index is -0.0359. The summed E-state index contributed by atoms with van der Waals surface area (Å²) in [5.41, 5.74) is 0. The molecular weight excluding hydrogens is 254 g/mol. The lowest BCUT2D eigenvalue weighted by atomic mass is 10.3. The number of aryl methyl sites for hydroxylation is 1. The Morgan fingerprint density at radius 3 is 2.40 bits per heavy atom. The normalized spacial score (nSPS) is 10.2. The smallest absolute Gasteiger partial charge is 0.239 e. The van der Waals surface area contributed by atoms with Crippen LogP contribution in [0.25, 0.3) is 0 Å². The first-order valence-electron chi connectivity index (χ1n) is 7.31. The first-order chi connectivity index (χ1) is 9.69. The average Bonchev–Trinajstić information content (AvgIpc) is 2.43. The van der Waals surface area contributed by atoms with Gasteiger partial charge in [-0.1, -0.05) is 13.8 Å². The first-order valence-corrected chi connectivity index (χ1v) is 7.31. The lowest BCUT2D eigenvalue weighted by Crippen LogP contribution is -2.29. The quantitative estimate of drug-likeness (QED) is 0.642.